The van der Waals surface area contributed by atoms with Gasteiger partial charge in [0.15, 0.2) is 5.76 Å². The summed E-state index contributed by atoms with van der Waals surface area (Å²) < 4.78 is 6.88. The van der Waals surface area contributed by atoms with Crippen molar-refractivity contribution in [3.05, 3.63) is 34.8 Å². The molecular formula is C11H12N4O. The minimum Gasteiger partial charge on any atom is -0.384 e. The van der Waals surface area contributed by atoms with Crippen LogP contribution in [-0.2, 0) is 6.54 Å². The summed E-state index contributed by atoms with van der Waals surface area (Å²) in [5.74, 6) is 1.20. The Morgan fingerprint density at radius 2 is 2.31 bits per heavy atom. The molecule has 2 N–H and O–H groups in total. The second-order valence-corrected chi connectivity index (χ2v) is 3.65. The van der Waals surface area contributed by atoms with Crippen molar-refractivity contribution in [3.8, 4) is 6.07 Å². The lowest BCUT2D eigenvalue weighted by molar-refractivity contribution is 0.376. The van der Waals surface area contributed by atoms with Gasteiger partial charge >= 0.3 is 0 Å². The second-order valence-electron chi connectivity index (χ2n) is 3.65. The van der Waals surface area contributed by atoms with E-state index >= 15 is 0 Å². The van der Waals surface area contributed by atoms with E-state index in [-0.39, 0.29) is 0 Å². The maximum atomic E-state index is 8.98. The molecule has 0 fully saturated rings. The smallest absolute Gasteiger partial charge is 0.156 e. The van der Waals surface area contributed by atoms with Crippen LogP contribution in [0, 0.1) is 25.2 Å². The fraction of sp³-hybridized carbons (Fsp3) is 0.273. The highest BCUT2D eigenvalue weighted by Gasteiger charge is 2.15. The molecule has 82 valence electrons. The molecule has 0 aliphatic rings. The number of nitrogens with two attached hydrogens (primary N) is 1. The lowest BCUT2D eigenvalue weighted by Crippen LogP contribution is -2.05. The molecule has 2 aromatic heterocycles. The van der Waals surface area contributed by atoms with Gasteiger partial charge in [0.1, 0.15) is 11.9 Å². The van der Waals surface area contributed by atoms with Gasteiger partial charge in [-0.05, 0) is 19.4 Å². The zero-order valence-electron chi connectivity index (χ0n) is 9.19. The average Bonchev–Trinajstić information content (AvgIpc) is 2.83. The van der Waals surface area contributed by atoms with Gasteiger partial charge in [0.25, 0.3) is 0 Å². The van der Waals surface area contributed by atoms with Crippen LogP contribution >= 0.6 is 0 Å². The minimum absolute atomic E-state index is 0.480. The van der Waals surface area contributed by atoms with E-state index in [2.05, 4.69) is 11.2 Å². The van der Waals surface area contributed by atoms with Crippen LogP contribution in [0.1, 0.15) is 22.6 Å². The van der Waals surface area contributed by atoms with Crippen molar-refractivity contribution in [1.29, 1.82) is 5.26 Å². The van der Waals surface area contributed by atoms with Crippen molar-refractivity contribution in [2.75, 3.05) is 5.73 Å². The number of anilines is 1. The highest BCUT2D eigenvalue weighted by molar-refractivity contribution is 5.57. The Kier molecular flexibility index (Phi) is 2.41. The van der Waals surface area contributed by atoms with Crippen LogP contribution in [0.25, 0.3) is 0 Å². The summed E-state index contributed by atoms with van der Waals surface area (Å²) in [6.45, 7) is 4.32. The molecule has 0 spiro atoms. The first-order chi connectivity index (χ1) is 7.65. The standard InChI is InChI=1S/C11H12N4O/c1-7-8(2)15(11(13)10(7)5-12)6-9-3-4-14-16-9/h3-4H,6,13H2,1-2H3. The van der Waals surface area contributed by atoms with E-state index in [0.717, 1.165) is 11.3 Å². The molecule has 0 unspecified atom stereocenters. The van der Waals surface area contributed by atoms with E-state index in [4.69, 9.17) is 15.5 Å². The van der Waals surface area contributed by atoms with Crippen molar-refractivity contribution in [2.24, 2.45) is 0 Å². The van der Waals surface area contributed by atoms with Crippen molar-refractivity contribution in [3.63, 3.8) is 0 Å². The summed E-state index contributed by atoms with van der Waals surface area (Å²) in [4.78, 5) is 0. The summed E-state index contributed by atoms with van der Waals surface area (Å²) in [6, 6.07) is 3.89. The Balaban J connectivity index is 2.46. The topological polar surface area (TPSA) is 80.8 Å². The largest absolute Gasteiger partial charge is 0.384 e. The van der Waals surface area contributed by atoms with E-state index in [1.165, 1.54) is 0 Å². The van der Waals surface area contributed by atoms with Gasteiger partial charge in [-0.2, -0.15) is 5.26 Å². The summed E-state index contributed by atoms with van der Waals surface area (Å²) in [7, 11) is 0. The number of nitrogens with zero attached hydrogens (tertiary/aromatic N) is 3. The van der Waals surface area contributed by atoms with Gasteiger partial charge in [0.2, 0.25) is 0 Å². The molecule has 16 heavy (non-hydrogen) atoms. The Labute approximate surface area is 93.1 Å². The fourth-order valence-electron chi connectivity index (χ4n) is 1.72. The van der Waals surface area contributed by atoms with Gasteiger partial charge in [-0.25, -0.2) is 0 Å². The van der Waals surface area contributed by atoms with Gasteiger partial charge in [-0.3, -0.25) is 0 Å². The van der Waals surface area contributed by atoms with Gasteiger partial charge in [0, 0.05) is 11.8 Å². The molecule has 0 aliphatic heterocycles. The molecule has 0 amide bonds. The normalized spacial score (nSPS) is 10.3. The van der Waals surface area contributed by atoms with E-state index in [9.17, 15) is 0 Å². The quantitative estimate of drug-likeness (QED) is 0.826. The molecule has 0 saturated carbocycles. The second kappa shape index (κ2) is 3.74. The van der Waals surface area contributed by atoms with Gasteiger partial charge in [0.05, 0.1) is 18.3 Å². The Morgan fingerprint density at radius 1 is 1.56 bits per heavy atom. The SMILES string of the molecule is Cc1c(C#N)c(N)n(Cc2ccno2)c1C. The van der Waals surface area contributed by atoms with Crippen molar-refractivity contribution in [1.82, 2.24) is 9.72 Å². The van der Waals surface area contributed by atoms with Crippen LogP contribution in [0.4, 0.5) is 5.82 Å². The molecular weight excluding hydrogens is 204 g/mol. The number of aromatic nitrogens is 2. The van der Waals surface area contributed by atoms with E-state index in [1.807, 2.05) is 18.4 Å². The third-order valence-electron chi connectivity index (χ3n) is 2.79. The van der Waals surface area contributed by atoms with Crippen LogP contribution in [0.15, 0.2) is 16.8 Å². The van der Waals surface area contributed by atoms with Crippen LogP contribution < -0.4 is 5.73 Å². The molecule has 0 radical (unpaired) electrons. The molecule has 0 saturated heterocycles. The summed E-state index contributed by atoms with van der Waals surface area (Å²) in [6.07, 6.45) is 1.59. The predicted molar refractivity (Wildman–Crippen MR) is 58.6 cm³/mol. The highest BCUT2D eigenvalue weighted by atomic mass is 16.5. The number of nitrogen functional groups attached to an aromatic ring is 1. The minimum atomic E-state index is 0.480. The zero-order chi connectivity index (χ0) is 11.7. The maximum absolute atomic E-state index is 8.98. The Morgan fingerprint density at radius 3 is 2.81 bits per heavy atom. The first kappa shape index (κ1) is 10.3. The van der Waals surface area contributed by atoms with Crippen LogP contribution in [0.2, 0.25) is 0 Å². The average molecular weight is 216 g/mol. The number of nitriles is 1. The highest BCUT2D eigenvalue weighted by Crippen LogP contribution is 2.24. The molecule has 0 atom stereocenters. The number of hydrogen-bond donors (Lipinski definition) is 1. The van der Waals surface area contributed by atoms with Crippen molar-refractivity contribution < 1.29 is 4.52 Å². The van der Waals surface area contributed by atoms with Gasteiger partial charge < -0.3 is 14.8 Å². The molecule has 0 bridgehead atoms. The Hall–Kier alpha value is -2.22. The zero-order valence-corrected chi connectivity index (χ0v) is 9.19. The summed E-state index contributed by atoms with van der Waals surface area (Å²) >= 11 is 0. The third kappa shape index (κ3) is 1.44. The molecule has 2 aromatic rings. The molecule has 2 heterocycles. The molecule has 5 nitrogen and oxygen atoms in total. The van der Waals surface area contributed by atoms with Crippen LogP contribution in [0.5, 0.6) is 0 Å². The van der Waals surface area contributed by atoms with E-state index < -0.39 is 0 Å². The van der Waals surface area contributed by atoms with E-state index in [0.29, 0.717) is 23.7 Å². The predicted octanol–water partition coefficient (Wildman–Crippen LogP) is 1.60. The summed E-state index contributed by atoms with van der Waals surface area (Å²) in [5.41, 5.74) is 8.34. The first-order valence-corrected chi connectivity index (χ1v) is 4.90. The molecule has 2 rings (SSSR count). The third-order valence-corrected chi connectivity index (χ3v) is 2.79. The van der Waals surface area contributed by atoms with Gasteiger partial charge in [-0.15, -0.1) is 0 Å². The fourth-order valence-corrected chi connectivity index (χ4v) is 1.72. The lowest BCUT2D eigenvalue weighted by atomic mass is 10.2. The molecule has 5 heteroatoms. The van der Waals surface area contributed by atoms with Gasteiger partial charge in [-0.1, -0.05) is 5.16 Å². The monoisotopic (exact) mass is 216 g/mol. The summed E-state index contributed by atoms with van der Waals surface area (Å²) in [5, 5.41) is 12.6. The van der Waals surface area contributed by atoms with Crippen LogP contribution in [-0.4, -0.2) is 9.72 Å². The van der Waals surface area contributed by atoms with Crippen molar-refractivity contribution >= 4 is 5.82 Å². The maximum Gasteiger partial charge on any atom is 0.156 e. The van der Waals surface area contributed by atoms with Crippen LogP contribution in [0.3, 0.4) is 0 Å². The number of hydrogen-bond acceptors (Lipinski definition) is 4. The van der Waals surface area contributed by atoms with E-state index in [1.54, 1.807) is 12.3 Å². The lowest BCUT2D eigenvalue weighted by Gasteiger charge is -2.05. The Bertz CT molecular complexity index is 546. The van der Waals surface area contributed by atoms with Crippen molar-refractivity contribution in [2.45, 2.75) is 20.4 Å². The number of rotatable bonds is 2. The first-order valence-electron chi connectivity index (χ1n) is 4.90. The molecule has 0 aromatic carbocycles. The molecule has 0 aliphatic carbocycles.